The number of hydrogen-bond donors (Lipinski definition) is 1. The molecule has 0 radical (unpaired) electrons. The van der Waals surface area contributed by atoms with Crippen molar-refractivity contribution >= 4 is 5.69 Å². The highest BCUT2D eigenvalue weighted by molar-refractivity contribution is 5.54. The van der Waals surface area contributed by atoms with Crippen LogP contribution < -0.4 is 5.32 Å². The number of anilines is 1. The van der Waals surface area contributed by atoms with E-state index in [-0.39, 0.29) is 5.41 Å². The van der Waals surface area contributed by atoms with Crippen LogP contribution in [-0.4, -0.2) is 0 Å². The van der Waals surface area contributed by atoms with E-state index in [1.54, 1.807) is 0 Å². The Hall–Kier alpha value is -1.24. The number of allylic oxidation sites excluding steroid dienone is 1. The van der Waals surface area contributed by atoms with Crippen LogP contribution in [0.15, 0.2) is 36.5 Å². The zero-order valence-electron chi connectivity index (χ0n) is 10.9. The molecule has 0 aliphatic carbocycles. The van der Waals surface area contributed by atoms with Crippen LogP contribution in [0, 0.1) is 5.41 Å². The maximum atomic E-state index is 4.10. The van der Waals surface area contributed by atoms with Crippen molar-refractivity contribution in [3.8, 4) is 0 Å². The summed E-state index contributed by atoms with van der Waals surface area (Å²) in [6.07, 6.45) is 2.04. The van der Waals surface area contributed by atoms with E-state index in [2.05, 4.69) is 63.9 Å². The highest BCUT2D eigenvalue weighted by atomic mass is 14.9. The number of para-hydroxylation sites is 1. The van der Waals surface area contributed by atoms with Gasteiger partial charge in [0.2, 0.25) is 0 Å². The molecule has 88 valence electrons. The molecule has 0 fully saturated rings. The molecule has 0 unspecified atom stereocenters. The average Bonchev–Trinajstić information content (AvgIpc) is 2.15. The number of hydrogen-bond acceptors (Lipinski definition) is 1. The van der Waals surface area contributed by atoms with Gasteiger partial charge in [-0.3, -0.25) is 0 Å². The Bertz CT molecular complexity index is 358. The van der Waals surface area contributed by atoms with Gasteiger partial charge in [-0.1, -0.05) is 52.5 Å². The molecule has 1 aromatic carbocycles. The molecule has 0 atom stereocenters. The molecule has 0 aliphatic heterocycles. The van der Waals surface area contributed by atoms with Crippen LogP contribution in [0.25, 0.3) is 0 Å². The molecule has 0 aromatic heterocycles. The molecule has 1 nitrogen and oxygen atoms in total. The summed E-state index contributed by atoms with van der Waals surface area (Å²) in [7, 11) is 0. The van der Waals surface area contributed by atoms with Crippen molar-refractivity contribution in [1.29, 1.82) is 0 Å². The van der Waals surface area contributed by atoms with Gasteiger partial charge in [0.1, 0.15) is 0 Å². The highest BCUT2D eigenvalue weighted by Gasteiger charge is 2.12. The van der Waals surface area contributed by atoms with Gasteiger partial charge in [0.25, 0.3) is 0 Å². The second-order valence-electron chi connectivity index (χ2n) is 5.48. The van der Waals surface area contributed by atoms with Crippen LogP contribution in [0.5, 0.6) is 0 Å². The fourth-order valence-corrected chi connectivity index (χ4v) is 1.83. The van der Waals surface area contributed by atoms with Gasteiger partial charge in [-0.25, -0.2) is 0 Å². The van der Waals surface area contributed by atoms with Gasteiger partial charge in [-0.15, -0.1) is 0 Å². The van der Waals surface area contributed by atoms with E-state index in [1.165, 1.54) is 11.3 Å². The molecule has 1 aromatic rings. The lowest BCUT2D eigenvalue weighted by Crippen LogP contribution is -2.11. The van der Waals surface area contributed by atoms with E-state index in [0.29, 0.717) is 0 Å². The summed E-state index contributed by atoms with van der Waals surface area (Å²) in [5.41, 5.74) is 3.91. The summed E-state index contributed by atoms with van der Waals surface area (Å²) >= 11 is 0. The minimum atomic E-state index is 0.283. The monoisotopic (exact) mass is 217 g/mol. The maximum Gasteiger partial charge on any atom is 0.0414 e. The van der Waals surface area contributed by atoms with Crippen LogP contribution in [0.2, 0.25) is 0 Å². The van der Waals surface area contributed by atoms with Gasteiger partial charge >= 0.3 is 0 Å². The summed E-state index contributed by atoms with van der Waals surface area (Å²) in [5.74, 6) is 0. The molecular weight excluding hydrogens is 194 g/mol. The Morgan fingerprint density at radius 1 is 1.25 bits per heavy atom. The third-order valence-corrected chi connectivity index (χ3v) is 2.45. The lowest BCUT2D eigenvalue weighted by molar-refractivity contribution is 0.411. The summed E-state index contributed by atoms with van der Waals surface area (Å²) in [6, 6.07) is 8.42. The van der Waals surface area contributed by atoms with Gasteiger partial charge < -0.3 is 5.32 Å². The van der Waals surface area contributed by atoms with Crippen molar-refractivity contribution in [3.63, 3.8) is 0 Å². The maximum absolute atomic E-state index is 4.10. The van der Waals surface area contributed by atoms with Crippen LogP contribution in [-0.2, 0) is 6.42 Å². The molecule has 16 heavy (non-hydrogen) atoms. The predicted octanol–water partition coefficient (Wildman–Crippen LogP) is 4.61. The Balaban J connectivity index is 2.70. The largest absolute Gasteiger partial charge is 0.359 e. The number of nitrogens with one attached hydrogen (secondary N) is 1. The second kappa shape index (κ2) is 5.20. The Kier molecular flexibility index (Phi) is 4.17. The minimum absolute atomic E-state index is 0.283. The number of aryl methyl sites for hydroxylation is 1. The van der Waals surface area contributed by atoms with Crippen LogP contribution in [0.4, 0.5) is 5.69 Å². The summed E-state index contributed by atoms with van der Waals surface area (Å²) < 4.78 is 0. The van der Waals surface area contributed by atoms with Crippen molar-refractivity contribution in [2.24, 2.45) is 5.41 Å². The molecule has 0 heterocycles. The quantitative estimate of drug-likeness (QED) is 0.776. The van der Waals surface area contributed by atoms with Gasteiger partial charge in [-0.2, -0.15) is 0 Å². The normalized spacial score (nSPS) is 11.2. The van der Waals surface area contributed by atoms with Crippen LogP contribution in [0.1, 0.15) is 39.7 Å². The Morgan fingerprint density at radius 2 is 1.88 bits per heavy atom. The van der Waals surface area contributed by atoms with Gasteiger partial charge in [0, 0.05) is 11.4 Å². The lowest BCUT2D eigenvalue weighted by Gasteiger charge is -2.21. The molecule has 1 N–H and O–H groups in total. The molecule has 1 heteroatoms. The molecule has 0 amide bonds. The second-order valence-corrected chi connectivity index (χ2v) is 5.48. The number of rotatable bonds is 4. The summed E-state index contributed by atoms with van der Waals surface area (Å²) in [4.78, 5) is 0. The molecule has 0 bridgehead atoms. The fourth-order valence-electron chi connectivity index (χ4n) is 1.83. The van der Waals surface area contributed by atoms with E-state index in [4.69, 9.17) is 0 Å². The first kappa shape index (κ1) is 12.8. The van der Waals surface area contributed by atoms with Crippen molar-refractivity contribution in [3.05, 3.63) is 42.1 Å². The summed E-state index contributed by atoms with van der Waals surface area (Å²) in [6.45, 7) is 13.0. The number of benzene rings is 1. The zero-order chi connectivity index (χ0) is 12.2. The third-order valence-electron chi connectivity index (χ3n) is 2.45. The molecular formula is C15H23N. The third kappa shape index (κ3) is 4.09. The first-order chi connectivity index (χ1) is 7.42. The standard InChI is InChI=1S/C15H23N/c1-6-13-9-7-8-10-14(13)16-12(2)11-15(3,4)5/h7-10,16H,2,6,11H2,1,3-5H3. The van der Waals surface area contributed by atoms with Crippen molar-refractivity contribution in [2.45, 2.75) is 40.5 Å². The van der Waals surface area contributed by atoms with Gasteiger partial charge in [0.05, 0.1) is 0 Å². The van der Waals surface area contributed by atoms with Crippen molar-refractivity contribution < 1.29 is 0 Å². The van der Waals surface area contributed by atoms with E-state index in [1.807, 2.05) is 0 Å². The first-order valence-electron chi connectivity index (χ1n) is 5.95. The van der Waals surface area contributed by atoms with E-state index >= 15 is 0 Å². The topological polar surface area (TPSA) is 12.0 Å². The smallest absolute Gasteiger partial charge is 0.0414 e. The van der Waals surface area contributed by atoms with Crippen molar-refractivity contribution in [2.75, 3.05) is 5.32 Å². The molecule has 0 saturated carbocycles. The minimum Gasteiger partial charge on any atom is -0.359 e. The Labute approximate surface area is 99.6 Å². The lowest BCUT2D eigenvalue weighted by atomic mass is 9.91. The van der Waals surface area contributed by atoms with E-state index in [0.717, 1.165) is 18.5 Å². The fraction of sp³-hybridized carbons (Fsp3) is 0.467. The van der Waals surface area contributed by atoms with Crippen molar-refractivity contribution in [1.82, 2.24) is 0 Å². The van der Waals surface area contributed by atoms with Gasteiger partial charge in [0.15, 0.2) is 0 Å². The first-order valence-corrected chi connectivity index (χ1v) is 5.95. The van der Waals surface area contributed by atoms with Crippen LogP contribution >= 0.6 is 0 Å². The SMILES string of the molecule is C=C(CC(C)(C)C)Nc1ccccc1CC. The van der Waals surface area contributed by atoms with Crippen LogP contribution in [0.3, 0.4) is 0 Å². The molecule has 1 rings (SSSR count). The van der Waals surface area contributed by atoms with E-state index < -0.39 is 0 Å². The van der Waals surface area contributed by atoms with Gasteiger partial charge in [-0.05, 0) is 29.9 Å². The summed E-state index contributed by atoms with van der Waals surface area (Å²) in [5, 5.41) is 3.42. The Morgan fingerprint density at radius 3 is 2.44 bits per heavy atom. The highest BCUT2D eigenvalue weighted by Crippen LogP contribution is 2.25. The average molecular weight is 217 g/mol. The molecule has 0 aliphatic rings. The zero-order valence-corrected chi connectivity index (χ0v) is 10.9. The molecule has 0 spiro atoms. The predicted molar refractivity (Wildman–Crippen MR) is 72.7 cm³/mol. The molecule has 0 saturated heterocycles. The van der Waals surface area contributed by atoms with E-state index in [9.17, 15) is 0 Å².